The third-order valence-corrected chi connectivity index (χ3v) is 9.55. The van der Waals surface area contributed by atoms with Gasteiger partial charge in [-0.2, -0.15) is 0 Å². The van der Waals surface area contributed by atoms with Crippen LogP contribution in [0.15, 0.2) is 0 Å². The van der Waals surface area contributed by atoms with E-state index in [9.17, 15) is 9.90 Å². The minimum atomic E-state index is -0.434. The number of ketones is 1. The predicted molar refractivity (Wildman–Crippen MR) is 105 cm³/mol. The molecule has 4 saturated carbocycles. The highest BCUT2D eigenvalue weighted by Gasteiger charge is 2.58. The van der Waals surface area contributed by atoms with Gasteiger partial charge in [-0.15, -0.1) is 0 Å². The number of halogens is 1. The summed E-state index contributed by atoms with van der Waals surface area (Å²) in [7, 11) is 0. The Morgan fingerprint density at radius 1 is 1.00 bits per heavy atom. The molecule has 25 heavy (non-hydrogen) atoms. The highest BCUT2D eigenvalue weighted by Crippen LogP contribution is 2.64. The Hall–Kier alpha value is 0.110. The first-order chi connectivity index (χ1) is 11.9. The van der Waals surface area contributed by atoms with E-state index in [1.54, 1.807) is 0 Å². The van der Waals surface area contributed by atoms with Crippen LogP contribution in [0.3, 0.4) is 0 Å². The summed E-state index contributed by atoms with van der Waals surface area (Å²) < 4.78 is 0. The van der Waals surface area contributed by atoms with Gasteiger partial charge < -0.3 is 5.11 Å². The topological polar surface area (TPSA) is 37.3 Å². The molecule has 0 spiro atoms. The summed E-state index contributed by atoms with van der Waals surface area (Å²) in [6, 6.07) is 0. The maximum atomic E-state index is 12.5. The molecule has 8 atom stereocenters. The van der Waals surface area contributed by atoms with E-state index >= 15 is 0 Å². The van der Waals surface area contributed by atoms with Crippen molar-refractivity contribution >= 4 is 21.7 Å². The summed E-state index contributed by atoms with van der Waals surface area (Å²) >= 11 is 3.43. The molecule has 0 aromatic heterocycles. The van der Waals surface area contributed by atoms with Crippen molar-refractivity contribution in [1.29, 1.82) is 0 Å². The fourth-order valence-corrected chi connectivity index (χ4v) is 8.34. The number of hydrogen-bond donors (Lipinski definition) is 1. The summed E-state index contributed by atoms with van der Waals surface area (Å²) in [6.45, 7) is 4.50. The van der Waals surface area contributed by atoms with Crippen molar-refractivity contribution in [3.63, 3.8) is 0 Å². The molecule has 0 heterocycles. The van der Waals surface area contributed by atoms with Gasteiger partial charge >= 0.3 is 0 Å². The van der Waals surface area contributed by atoms with Crippen LogP contribution in [0.4, 0.5) is 0 Å². The van der Waals surface area contributed by atoms with E-state index in [0.29, 0.717) is 17.0 Å². The molecule has 4 fully saturated rings. The molecule has 0 saturated heterocycles. The van der Waals surface area contributed by atoms with Crippen LogP contribution in [0.2, 0.25) is 0 Å². The molecule has 0 bridgehead atoms. The van der Waals surface area contributed by atoms with Crippen LogP contribution >= 0.6 is 15.9 Å². The fraction of sp³-hybridized carbons (Fsp3) is 0.955. The first-order valence-corrected chi connectivity index (χ1v) is 11.8. The van der Waals surface area contributed by atoms with Crippen molar-refractivity contribution in [2.75, 3.05) is 5.33 Å². The Balaban J connectivity index is 1.55. The van der Waals surface area contributed by atoms with Gasteiger partial charge in [-0.1, -0.05) is 29.3 Å². The second-order valence-electron chi connectivity index (χ2n) is 10.3. The van der Waals surface area contributed by atoms with Crippen molar-refractivity contribution in [3.8, 4) is 0 Å². The highest BCUT2D eigenvalue weighted by molar-refractivity contribution is 9.09. The largest absolute Gasteiger partial charge is 0.390 e. The standard InChI is InChI=1S/C22H35BrO2/c1-21(25)10-3-4-15-14(12-21)5-6-17-16(15)9-11-22(2)18(17)7-8-19(22)20(24)13-23/h14-19,25H,3-13H2,1-2H3/t14-,15+,16-,17-,18+,19-,21-,22+/m1/s1. The Labute approximate surface area is 161 Å². The number of aliphatic hydroxyl groups is 1. The van der Waals surface area contributed by atoms with Crippen molar-refractivity contribution in [1.82, 2.24) is 0 Å². The second kappa shape index (κ2) is 6.62. The van der Waals surface area contributed by atoms with E-state index in [2.05, 4.69) is 29.8 Å². The molecular weight excluding hydrogens is 376 g/mol. The molecule has 0 amide bonds. The van der Waals surface area contributed by atoms with E-state index in [1.807, 2.05) is 0 Å². The lowest BCUT2D eigenvalue weighted by molar-refractivity contribution is -0.127. The number of rotatable bonds is 2. The predicted octanol–water partition coefficient (Wildman–Crippen LogP) is 5.36. The lowest BCUT2D eigenvalue weighted by atomic mass is 9.50. The number of hydrogen-bond acceptors (Lipinski definition) is 2. The van der Waals surface area contributed by atoms with Crippen LogP contribution < -0.4 is 0 Å². The molecule has 1 N–H and O–H groups in total. The highest BCUT2D eigenvalue weighted by atomic mass is 79.9. The van der Waals surface area contributed by atoms with Gasteiger partial charge in [0.2, 0.25) is 0 Å². The molecule has 0 aliphatic heterocycles. The molecule has 4 aliphatic rings. The molecule has 0 aromatic rings. The minimum Gasteiger partial charge on any atom is -0.390 e. The molecule has 0 radical (unpaired) electrons. The van der Waals surface area contributed by atoms with Gasteiger partial charge in [0.05, 0.1) is 10.9 Å². The first-order valence-electron chi connectivity index (χ1n) is 10.7. The average Bonchev–Trinajstić information content (AvgIpc) is 2.83. The number of carbonyl (C=O) groups excluding carboxylic acids is 1. The maximum Gasteiger partial charge on any atom is 0.147 e. The zero-order valence-corrected chi connectivity index (χ0v) is 17.6. The first kappa shape index (κ1) is 18.5. The van der Waals surface area contributed by atoms with Crippen LogP contribution in [0.5, 0.6) is 0 Å². The number of Topliss-reactive ketones (excluding diaryl/α,β-unsaturated/α-hetero) is 1. The maximum absolute atomic E-state index is 12.5. The second-order valence-corrected chi connectivity index (χ2v) is 10.9. The van der Waals surface area contributed by atoms with Gasteiger partial charge in [-0.25, -0.2) is 0 Å². The fourth-order valence-electron chi connectivity index (χ4n) is 7.94. The smallest absolute Gasteiger partial charge is 0.147 e. The molecule has 142 valence electrons. The van der Waals surface area contributed by atoms with Gasteiger partial charge in [-0.3, -0.25) is 4.79 Å². The SMILES string of the molecule is C[C@@]1(O)CCC[C@H]2[C@H](CC[C@@H]3[C@@H]2CC[C@]2(C)[C@@H](C(=O)CBr)CC[C@@H]32)C1. The Morgan fingerprint density at radius 2 is 1.80 bits per heavy atom. The zero-order valence-electron chi connectivity index (χ0n) is 16.0. The monoisotopic (exact) mass is 410 g/mol. The minimum absolute atomic E-state index is 0.259. The van der Waals surface area contributed by atoms with Crippen LogP contribution in [0.1, 0.15) is 78.1 Å². The van der Waals surface area contributed by atoms with E-state index in [0.717, 1.165) is 48.9 Å². The summed E-state index contributed by atoms with van der Waals surface area (Å²) in [4.78, 5) is 12.5. The van der Waals surface area contributed by atoms with E-state index in [-0.39, 0.29) is 5.41 Å². The lowest BCUT2D eigenvalue weighted by Gasteiger charge is -2.54. The van der Waals surface area contributed by atoms with Crippen LogP contribution in [-0.2, 0) is 4.79 Å². The number of fused-ring (bicyclic) bond motifs is 5. The third kappa shape index (κ3) is 3.06. The van der Waals surface area contributed by atoms with Gasteiger partial charge in [0, 0.05) is 5.92 Å². The van der Waals surface area contributed by atoms with Crippen molar-refractivity contribution in [2.45, 2.75) is 83.7 Å². The zero-order chi connectivity index (χ0) is 17.8. The molecule has 0 aromatic carbocycles. The van der Waals surface area contributed by atoms with E-state index < -0.39 is 5.60 Å². The van der Waals surface area contributed by atoms with E-state index in [1.165, 1.54) is 44.9 Å². The summed E-state index contributed by atoms with van der Waals surface area (Å²) in [5.74, 6) is 4.80. The quantitative estimate of drug-likeness (QED) is 0.621. The Kier molecular flexibility index (Phi) is 4.89. The Morgan fingerprint density at radius 3 is 2.56 bits per heavy atom. The van der Waals surface area contributed by atoms with Gasteiger partial charge in [0.1, 0.15) is 5.78 Å². The normalized spacial score (nSPS) is 52.6. The van der Waals surface area contributed by atoms with Crippen LogP contribution in [0, 0.1) is 40.9 Å². The molecule has 2 nitrogen and oxygen atoms in total. The van der Waals surface area contributed by atoms with Gasteiger partial charge in [-0.05, 0) is 99.7 Å². The van der Waals surface area contributed by atoms with Crippen molar-refractivity contribution in [2.24, 2.45) is 40.9 Å². The van der Waals surface area contributed by atoms with Gasteiger partial charge in [0.25, 0.3) is 0 Å². The summed E-state index contributed by atoms with van der Waals surface area (Å²) in [5.41, 5.74) is -0.175. The third-order valence-electron chi connectivity index (χ3n) is 8.99. The Bertz CT molecular complexity index is 530. The number of alkyl halides is 1. The van der Waals surface area contributed by atoms with Gasteiger partial charge in [0.15, 0.2) is 0 Å². The lowest BCUT2D eigenvalue weighted by Crippen LogP contribution is -2.48. The molecule has 4 rings (SSSR count). The summed E-state index contributed by atoms with van der Waals surface area (Å²) in [6.07, 6.45) is 12.2. The van der Waals surface area contributed by atoms with E-state index in [4.69, 9.17) is 0 Å². The van der Waals surface area contributed by atoms with Crippen molar-refractivity contribution in [3.05, 3.63) is 0 Å². The molecular formula is C22H35BrO2. The molecule has 4 aliphatic carbocycles. The molecule has 0 unspecified atom stereocenters. The summed E-state index contributed by atoms with van der Waals surface area (Å²) in [5, 5.41) is 11.2. The average molecular weight is 411 g/mol. The molecule has 3 heteroatoms. The van der Waals surface area contributed by atoms with Crippen LogP contribution in [-0.4, -0.2) is 21.8 Å². The van der Waals surface area contributed by atoms with Crippen molar-refractivity contribution < 1.29 is 9.90 Å². The number of carbonyl (C=O) groups is 1. The van der Waals surface area contributed by atoms with Crippen LogP contribution in [0.25, 0.3) is 0 Å².